The standard InChI is InChI=1S/C16H16N6O/c1-7-12(8(2)23-21-7)10-6-11-13(15(17)20-16(18)19-11)9-4-5-22(3)14(9)10/h4-6H,1-3H3,(H4,17,18,19,20). The molecular formula is C16H16N6O. The van der Waals surface area contributed by atoms with Gasteiger partial charge in [0.25, 0.3) is 0 Å². The van der Waals surface area contributed by atoms with Crippen molar-refractivity contribution in [3.63, 3.8) is 0 Å². The minimum Gasteiger partial charge on any atom is -0.383 e. The molecule has 116 valence electrons. The fourth-order valence-corrected chi connectivity index (χ4v) is 3.23. The zero-order valence-electron chi connectivity index (χ0n) is 13.1. The summed E-state index contributed by atoms with van der Waals surface area (Å²) in [6.07, 6.45) is 1.99. The van der Waals surface area contributed by atoms with Crippen LogP contribution in [0.5, 0.6) is 0 Å². The first-order valence-corrected chi connectivity index (χ1v) is 7.21. The van der Waals surface area contributed by atoms with Crippen molar-refractivity contribution >= 4 is 33.6 Å². The molecule has 0 amide bonds. The number of hydrogen-bond acceptors (Lipinski definition) is 6. The highest BCUT2D eigenvalue weighted by atomic mass is 16.5. The minimum absolute atomic E-state index is 0.162. The molecule has 4 N–H and O–H groups in total. The van der Waals surface area contributed by atoms with Gasteiger partial charge in [0.15, 0.2) is 0 Å². The van der Waals surface area contributed by atoms with Gasteiger partial charge in [0, 0.05) is 29.8 Å². The Balaban J connectivity index is 2.25. The van der Waals surface area contributed by atoms with Crippen LogP contribution >= 0.6 is 0 Å². The van der Waals surface area contributed by atoms with Gasteiger partial charge in [0.2, 0.25) is 5.95 Å². The number of anilines is 2. The molecule has 7 heteroatoms. The third-order valence-electron chi connectivity index (χ3n) is 4.16. The molecule has 3 aromatic heterocycles. The summed E-state index contributed by atoms with van der Waals surface area (Å²) in [7, 11) is 1.99. The van der Waals surface area contributed by atoms with E-state index in [2.05, 4.69) is 15.1 Å². The highest BCUT2D eigenvalue weighted by Crippen LogP contribution is 2.38. The lowest BCUT2D eigenvalue weighted by atomic mass is 9.98. The Labute approximate surface area is 131 Å². The maximum atomic E-state index is 6.09. The number of nitrogens with zero attached hydrogens (tertiary/aromatic N) is 4. The minimum atomic E-state index is 0.162. The lowest BCUT2D eigenvalue weighted by Gasteiger charge is -2.10. The van der Waals surface area contributed by atoms with E-state index in [0.717, 1.165) is 38.9 Å². The summed E-state index contributed by atoms with van der Waals surface area (Å²) in [5.41, 5.74) is 16.4. The van der Waals surface area contributed by atoms with Crippen molar-refractivity contribution < 1.29 is 4.52 Å². The average Bonchev–Trinajstić information content (AvgIpc) is 3.01. The van der Waals surface area contributed by atoms with E-state index in [1.807, 2.05) is 43.8 Å². The molecule has 4 aromatic rings. The first-order chi connectivity index (χ1) is 11.0. The number of nitrogens with two attached hydrogens (primary N) is 2. The molecule has 7 nitrogen and oxygen atoms in total. The van der Waals surface area contributed by atoms with Crippen LogP contribution in [-0.4, -0.2) is 19.7 Å². The first-order valence-electron chi connectivity index (χ1n) is 7.21. The molecule has 0 aliphatic carbocycles. The van der Waals surface area contributed by atoms with Gasteiger partial charge in [0.1, 0.15) is 11.6 Å². The number of aryl methyl sites for hydroxylation is 3. The fraction of sp³-hybridized carbons (Fsp3) is 0.188. The van der Waals surface area contributed by atoms with Crippen molar-refractivity contribution in [2.75, 3.05) is 11.5 Å². The molecule has 23 heavy (non-hydrogen) atoms. The van der Waals surface area contributed by atoms with Gasteiger partial charge >= 0.3 is 0 Å². The van der Waals surface area contributed by atoms with Crippen molar-refractivity contribution in [2.24, 2.45) is 7.05 Å². The van der Waals surface area contributed by atoms with Crippen molar-refractivity contribution in [2.45, 2.75) is 13.8 Å². The van der Waals surface area contributed by atoms with Crippen LogP contribution < -0.4 is 11.5 Å². The molecular weight excluding hydrogens is 292 g/mol. The maximum absolute atomic E-state index is 6.09. The largest absolute Gasteiger partial charge is 0.383 e. The molecule has 0 atom stereocenters. The third-order valence-corrected chi connectivity index (χ3v) is 4.16. The monoisotopic (exact) mass is 308 g/mol. The number of nitrogen functional groups attached to an aromatic ring is 2. The molecule has 0 bridgehead atoms. The molecule has 0 saturated heterocycles. The second-order valence-corrected chi connectivity index (χ2v) is 5.67. The van der Waals surface area contributed by atoms with Gasteiger partial charge in [0.05, 0.1) is 22.1 Å². The predicted octanol–water partition coefficient (Wildman–Crippen LogP) is 2.56. The molecule has 0 aliphatic rings. The Kier molecular flexibility index (Phi) is 2.63. The number of rotatable bonds is 1. The topological polar surface area (TPSA) is 109 Å². The number of aromatic nitrogens is 4. The quantitative estimate of drug-likeness (QED) is 0.559. The van der Waals surface area contributed by atoms with Crippen molar-refractivity contribution in [3.05, 3.63) is 29.8 Å². The molecule has 4 rings (SSSR count). The summed E-state index contributed by atoms with van der Waals surface area (Å²) in [4.78, 5) is 8.45. The van der Waals surface area contributed by atoms with Gasteiger partial charge in [-0.05, 0) is 26.0 Å². The zero-order valence-corrected chi connectivity index (χ0v) is 13.1. The Morgan fingerprint density at radius 2 is 1.96 bits per heavy atom. The Bertz CT molecular complexity index is 1060. The summed E-state index contributed by atoms with van der Waals surface area (Å²) in [6.45, 7) is 3.82. The summed E-state index contributed by atoms with van der Waals surface area (Å²) in [5, 5.41) is 5.86. The lowest BCUT2D eigenvalue weighted by molar-refractivity contribution is 0.393. The van der Waals surface area contributed by atoms with E-state index in [4.69, 9.17) is 16.0 Å². The van der Waals surface area contributed by atoms with Gasteiger partial charge in [-0.15, -0.1) is 0 Å². The van der Waals surface area contributed by atoms with Crippen LogP contribution in [0.2, 0.25) is 0 Å². The highest BCUT2D eigenvalue weighted by molar-refractivity contribution is 6.15. The van der Waals surface area contributed by atoms with E-state index >= 15 is 0 Å². The predicted molar refractivity (Wildman–Crippen MR) is 89.8 cm³/mol. The van der Waals surface area contributed by atoms with Gasteiger partial charge in [-0.25, -0.2) is 4.98 Å². The maximum Gasteiger partial charge on any atom is 0.222 e. The summed E-state index contributed by atoms with van der Waals surface area (Å²) >= 11 is 0. The normalized spacial score (nSPS) is 11.6. The zero-order chi connectivity index (χ0) is 16.3. The van der Waals surface area contributed by atoms with E-state index in [1.165, 1.54) is 0 Å². The van der Waals surface area contributed by atoms with Gasteiger partial charge < -0.3 is 20.6 Å². The second kappa shape index (κ2) is 4.45. The third kappa shape index (κ3) is 1.79. The van der Waals surface area contributed by atoms with E-state index in [1.54, 1.807) is 0 Å². The van der Waals surface area contributed by atoms with Crippen LogP contribution in [0.4, 0.5) is 11.8 Å². The summed E-state index contributed by atoms with van der Waals surface area (Å²) in [5.74, 6) is 1.31. The fourth-order valence-electron chi connectivity index (χ4n) is 3.23. The summed E-state index contributed by atoms with van der Waals surface area (Å²) < 4.78 is 7.38. The molecule has 0 unspecified atom stereocenters. The summed E-state index contributed by atoms with van der Waals surface area (Å²) in [6, 6.07) is 3.98. The van der Waals surface area contributed by atoms with Crippen LogP contribution in [0.15, 0.2) is 22.9 Å². The van der Waals surface area contributed by atoms with Crippen molar-refractivity contribution in [1.82, 2.24) is 19.7 Å². The van der Waals surface area contributed by atoms with E-state index < -0.39 is 0 Å². The SMILES string of the molecule is Cc1noc(C)c1-c1cc2nc(N)nc(N)c2c2ccn(C)c12. The number of fused-ring (bicyclic) bond motifs is 3. The van der Waals surface area contributed by atoms with Gasteiger partial charge in [-0.3, -0.25) is 0 Å². The molecule has 0 radical (unpaired) electrons. The molecule has 0 spiro atoms. The molecule has 3 heterocycles. The average molecular weight is 308 g/mol. The van der Waals surface area contributed by atoms with Crippen molar-refractivity contribution in [3.8, 4) is 11.1 Å². The van der Waals surface area contributed by atoms with E-state index in [9.17, 15) is 0 Å². The number of hydrogen-bond donors (Lipinski definition) is 2. The van der Waals surface area contributed by atoms with Gasteiger partial charge in [-0.1, -0.05) is 5.16 Å². The molecule has 1 aromatic carbocycles. The molecule has 0 saturated carbocycles. The molecule has 0 fully saturated rings. The first kappa shape index (κ1) is 13.6. The van der Waals surface area contributed by atoms with Crippen LogP contribution in [0.3, 0.4) is 0 Å². The Morgan fingerprint density at radius 3 is 2.65 bits per heavy atom. The van der Waals surface area contributed by atoms with Crippen LogP contribution in [-0.2, 0) is 7.05 Å². The van der Waals surface area contributed by atoms with Crippen LogP contribution in [0, 0.1) is 13.8 Å². The highest BCUT2D eigenvalue weighted by Gasteiger charge is 2.20. The Hall–Kier alpha value is -3.09. The van der Waals surface area contributed by atoms with Crippen molar-refractivity contribution in [1.29, 1.82) is 0 Å². The number of benzene rings is 1. The van der Waals surface area contributed by atoms with E-state index in [-0.39, 0.29) is 5.95 Å². The molecule has 0 aliphatic heterocycles. The lowest BCUT2D eigenvalue weighted by Crippen LogP contribution is -2.01. The van der Waals surface area contributed by atoms with Crippen LogP contribution in [0.1, 0.15) is 11.5 Å². The van der Waals surface area contributed by atoms with Gasteiger partial charge in [-0.2, -0.15) is 4.98 Å². The smallest absolute Gasteiger partial charge is 0.222 e. The van der Waals surface area contributed by atoms with Crippen LogP contribution in [0.25, 0.3) is 32.9 Å². The Morgan fingerprint density at radius 1 is 1.17 bits per heavy atom. The van der Waals surface area contributed by atoms with E-state index in [0.29, 0.717) is 11.3 Å². The second-order valence-electron chi connectivity index (χ2n) is 5.67.